The quantitative estimate of drug-likeness (QED) is 0.667. The normalized spacial score (nSPS) is 9.67. The van der Waals surface area contributed by atoms with Gasteiger partial charge in [-0.1, -0.05) is 12.2 Å². The lowest BCUT2D eigenvalue weighted by molar-refractivity contribution is 0.119. The van der Waals surface area contributed by atoms with Crippen LogP contribution in [-0.2, 0) is 4.74 Å². The predicted molar refractivity (Wildman–Crippen MR) is 51.0 cm³/mol. The van der Waals surface area contributed by atoms with Gasteiger partial charge in [0.2, 0.25) is 0 Å². The molecule has 70 valence electrons. The number of amides is 1. The lowest BCUT2D eigenvalue weighted by Gasteiger charge is -2.24. The van der Waals surface area contributed by atoms with Gasteiger partial charge in [-0.05, 0) is 13.8 Å². The van der Waals surface area contributed by atoms with Crippen molar-refractivity contribution in [3.05, 3.63) is 0 Å². The lowest BCUT2D eigenvalue weighted by Crippen LogP contribution is -2.42. The second-order valence-electron chi connectivity index (χ2n) is 2.66. The molecule has 4 nitrogen and oxygen atoms in total. The monoisotopic (exact) mass is 190 g/mol. The van der Waals surface area contributed by atoms with Crippen molar-refractivity contribution >= 4 is 23.3 Å². The SMILES string of the molecule is COC(=O)N(CC(N)=S)C(C)C. The third kappa shape index (κ3) is 3.52. The molecule has 0 bridgehead atoms. The molecule has 0 aliphatic heterocycles. The maximum absolute atomic E-state index is 11.1. The Kier molecular flexibility index (Phi) is 4.58. The topological polar surface area (TPSA) is 55.6 Å². The number of carbonyl (C=O) groups is 1. The van der Waals surface area contributed by atoms with Crippen molar-refractivity contribution in [3.8, 4) is 0 Å². The van der Waals surface area contributed by atoms with Crippen LogP contribution in [0.5, 0.6) is 0 Å². The molecule has 12 heavy (non-hydrogen) atoms. The number of hydrogen-bond acceptors (Lipinski definition) is 3. The maximum Gasteiger partial charge on any atom is 0.410 e. The van der Waals surface area contributed by atoms with Gasteiger partial charge in [-0.3, -0.25) is 4.90 Å². The third-order valence-corrected chi connectivity index (χ3v) is 1.49. The van der Waals surface area contributed by atoms with Gasteiger partial charge >= 0.3 is 6.09 Å². The van der Waals surface area contributed by atoms with E-state index in [0.29, 0.717) is 0 Å². The Balaban J connectivity index is 4.23. The minimum absolute atomic E-state index is 0.0407. The molecule has 0 aromatic carbocycles. The molecule has 5 heteroatoms. The molecule has 0 aromatic rings. The zero-order valence-corrected chi connectivity index (χ0v) is 8.35. The van der Waals surface area contributed by atoms with Crippen molar-refractivity contribution < 1.29 is 9.53 Å². The second kappa shape index (κ2) is 4.92. The van der Waals surface area contributed by atoms with Gasteiger partial charge in [0, 0.05) is 6.04 Å². The van der Waals surface area contributed by atoms with E-state index in [1.165, 1.54) is 12.0 Å². The van der Waals surface area contributed by atoms with Crippen LogP contribution >= 0.6 is 12.2 Å². The average molecular weight is 190 g/mol. The number of nitrogens with two attached hydrogens (primary N) is 1. The first-order chi connectivity index (χ1) is 5.49. The molecule has 0 saturated carbocycles. The maximum atomic E-state index is 11.1. The first kappa shape index (κ1) is 11.2. The summed E-state index contributed by atoms with van der Waals surface area (Å²) in [4.78, 5) is 12.8. The van der Waals surface area contributed by atoms with E-state index in [-0.39, 0.29) is 17.6 Å². The Hall–Kier alpha value is -0.840. The minimum atomic E-state index is -0.405. The van der Waals surface area contributed by atoms with E-state index < -0.39 is 6.09 Å². The molecule has 1 amide bonds. The minimum Gasteiger partial charge on any atom is -0.453 e. The Morgan fingerprint density at radius 3 is 2.42 bits per heavy atom. The second-order valence-corrected chi connectivity index (χ2v) is 3.18. The van der Waals surface area contributed by atoms with E-state index in [0.717, 1.165) is 0 Å². The Labute approximate surface area is 77.7 Å². The first-order valence-electron chi connectivity index (χ1n) is 3.62. The smallest absolute Gasteiger partial charge is 0.410 e. The summed E-state index contributed by atoms with van der Waals surface area (Å²) in [6, 6.07) is 0.0407. The summed E-state index contributed by atoms with van der Waals surface area (Å²) < 4.78 is 4.55. The lowest BCUT2D eigenvalue weighted by atomic mass is 10.3. The van der Waals surface area contributed by atoms with E-state index >= 15 is 0 Å². The summed E-state index contributed by atoms with van der Waals surface area (Å²) >= 11 is 4.69. The molecule has 0 fully saturated rings. The van der Waals surface area contributed by atoms with Crippen LogP contribution in [0, 0.1) is 0 Å². The van der Waals surface area contributed by atoms with Gasteiger partial charge in [0.1, 0.15) is 0 Å². The highest BCUT2D eigenvalue weighted by Crippen LogP contribution is 2.00. The van der Waals surface area contributed by atoms with Crippen LogP contribution in [-0.4, -0.2) is 35.7 Å². The fourth-order valence-corrected chi connectivity index (χ4v) is 0.882. The largest absolute Gasteiger partial charge is 0.453 e. The van der Waals surface area contributed by atoms with Crippen LogP contribution in [0.2, 0.25) is 0 Å². The molecule has 0 aliphatic carbocycles. The summed E-state index contributed by atoms with van der Waals surface area (Å²) in [5.41, 5.74) is 5.31. The summed E-state index contributed by atoms with van der Waals surface area (Å²) in [7, 11) is 1.33. The van der Waals surface area contributed by atoms with Crippen molar-refractivity contribution in [2.75, 3.05) is 13.7 Å². The van der Waals surface area contributed by atoms with Gasteiger partial charge in [0.25, 0.3) is 0 Å². The van der Waals surface area contributed by atoms with E-state index in [1.807, 2.05) is 13.8 Å². The highest BCUT2D eigenvalue weighted by molar-refractivity contribution is 7.80. The molecule has 0 aliphatic rings. The molecule has 0 radical (unpaired) electrons. The molecule has 0 rings (SSSR count). The summed E-state index contributed by atoms with van der Waals surface area (Å²) in [5, 5.41) is 0. The number of thiocarbonyl (C=S) groups is 1. The molecule has 0 atom stereocenters. The average Bonchev–Trinajstić information content (AvgIpc) is 1.98. The van der Waals surface area contributed by atoms with Crippen LogP contribution in [0.1, 0.15) is 13.8 Å². The van der Waals surface area contributed by atoms with E-state index in [2.05, 4.69) is 17.0 Å². The number of ether oxygens (including phenoxy) is 1. The zero-order chi connectivity index (χ0) is 9.72. The van der Waals surface area contributed by atoms with Gasteiger partial charge in [0.15, 0.2) is 0 Å². The fourth-order valence-electron chi connectivity index (χ4n) is 0.743. The van der Waals surface area contributed by atoms with Crippen LogP contribution in [0.25, 0.3) is 0 Å². The van der Waals surface area contributed by atoms with Gasteiger partial charge in [-0.15, -0.1) is 0 Å². The van der Waals surface area contributed by atoms with Crippen molar-refractivity contribution in [2.24, 2.45) is 5.73 Å². The number of carbonyl (C=O) groups excluding carboxylic acids is 1. The fraction of sp³-hybridized carbons (Fsp3) is 0.714. The van der Waals surface area contributed by atoms with E-state index in [9.17, 15) is 4.79 Å². The number of methoxy groups -OCH3 is 1. The van der Waals surface area contributed by atoms with Crippen molar-refractivity contribution in [1.82, 2.24) is 4.90 Å². The Morgan fingerprint density at radius 1 is 1.67 bits per heavy atom. The molecule has 0 saturated heterocycles. The molecule has 0 unspecified atom stereocenters. The molecule has 2 N–H and O–H groups in total. The van der Waals surface area contributed by atoms with Gasteiger partial charge in [-0.2, -0.15) is 0 Å². The molecular weight excluding hydrogens is 176 g/mol. The van der Waals surface area contributed by atoms with Gasteiger partial charge in [0.05, 0.1) is 18.6 Å². The number of hydrogen-bond donors (Lipinski definition) is 1. The van der Waals surface area contributed by atoms with E-state index in [1.54, 1.807) is 0 Å². The standard InChI is InChI=1S/C7H14N2O2S/c1-5(2)9(4-6(8)12)7(10)11-3/h5H,4H2,1-3H3,(H2,8,12). The Bertz CT molecular complexity index is 182. The molecular formula is C7H14N2O2S. The number of rotatable bonds is 3. The van der Waals surface area contributed by atoms with Crippen molar-refractivity contribution in [1.29, 1.82) is 0 Å². The summed E-state index contributed by atoms with van der Waals surface area (Å²) in [6.07, 6.45) is -0.405. The van der Waals surface area contributed by atoms with Gasteiger partial charge in [-0.25, -0.2) is 4.79 Å². The third-order valence-electron chi connectivity index (χ3n) is 1.36. The van der Waals surface area contributed by atoms with Gasteiger partial charge < -0.3 is 10.5 Å². The molecule has 0 aromatic heterocycles. The highest BCUT2D eigenvalue weighted by Gasteiger charge is 2.17. The summed E-state index contributed by atoms with van der Waals surface area (Å²) in [5.74, 6) is 0. The van der Waals surface area contributed by atoms with Crippen LogP contribution in [0.15, 0.2) is 0 Å². The van der Waals surface area contributed by atoms with Crippen LogP contribution in [0.3, 0.4) is 0 Å². The number of nitrogens with zero attached hydrogens (tertiary/aromatic N) is 1. The summed E-state index contributed by atoms with van der Waals surface area (Å²) in [6.45, 7) is 4.00. The highest BCUT2D eigenvalue weighted by atomic mass is 32.1. The van der Waals surface area contributed by atoms with Crippen molar-refractivity contribution in [3.63, 3.8) is 0 Å². The van der Waals surface area contributed by atoms with Crippen LogP contribution in [0.4, 0.5) is 4.79 Å². The van der Waals surface area contributed by atoms with Crippen LogP contribution < -0.4 is 5.73 Å². The first-order valence-corrected chi connectivity index (χ1v) is 4.02. The molecule has 0 spiro atoms. The predicted octanol–water partition coefficient (Wildman–Crippen LogP) is 0.749. The Morgan fingerprint density at radius 2 is 2.17 bits per heavy atom. The van der Waals surface area contributed by atoms with E-state index in [4.69, 9.17) is 5.73 Å². The molecule has 0 heterocycles. The zero-order valence-electron chi connectivity index (χ0n) is 7.53. The van der Waals surface area contributed by atoms with Crippen molar-refractivity contribution in [2.45, 2.75) is 19.9 Å².